The van der Waals surface area contributed by atoms with Gasteiger partial charge in [-0.3, -0.25) is 29.4 Å². The summed E-state index contributed by atoms with van der Waals surface area (Å²) in [5, 5.41) is 2.33. The minimum absolute atomic E-state index is 0.0260. The summed E-state index contributed by atoms with van der Waals surface area (Å²) in [6.45, 7) is 7.09. The number of carbonyl (C=O) groups excluding carboxylic acids is 4. The van der Waals surface area contributed by atoms with E-state index in [-0.39, 0.29) is 54.0 Å². The molecule has 9 heteroatoms. The molecule has 0 aromatic heterocycles. The molecular weight excluding hydrogens is 559 g/mol. The summed E-state index contributed by atoms with van der Waals surface area (Å²) in [6.07, 6.45) is 5.76. The number of imide groups is 1. The van der Waals surface area contributed by atoms with E-state index in [1.807, 2.05) is 17.0 Å². The molecule has 3 saturated heterocycles. The van der Waals surface area contributed by atoms with Gasteiger partial charge in [0.25, 0.3) is 11.8 Å². The van der Waals surface area contributed by atoms with Crippen molar-refractivity contribution in [3.05, 3.63) is 76.1 Å². The Bertz CT molecular complexity index is 1570. The van der Waals surface area contributed by atoms with Crippen LogP contribution in [0.3, 0.4) is 0 Å². The van der Waals surface area contributed by atoms with E-state index >= 15 is 0 Å². The molecule has 44 heavy (non-hydrogen) atoms. The van der Waals surface area contributed by atoms with Crippen LogP contribution in [-0.2, 0) is 16.1 Å². The maximum Gasteiger partial charge on any atom is 0.255 e. The number of allylic oxidation sites excluding steroid dienone is 1. The van der Waals surface area contributed by atoms with Crippen LogP contribution in [0.2, 0.25) is 0 Å². The van der Waals surface area contributed by atoms with E-state index in [1.165, 1.54) is 16.0 Å². The minimum atomic E-state index is -0.677. The second-order valence-electron chi connectivity index (χ2n) is 14.0. The number of halogens is 1. The number of nitrogens with one attached hydrogen (secondary N) is 1. The molecule has 3 atom stereocenters. The molecule has 0 saturated carbocycles. The molecule has 1 aliphatic carbocycles. The van der Waals surface area contributed by atoms with Crippen LogP contribution >= 0.6 is 0 Å². The average molecular weight is 599 g/mol. The van der Waals surface area contributed by atoms with Crippen LogP contribution in [0, 0.1) is 11.2 Å². The lowest BCUT2D eigenvalue weighted by Crippen LogP contribution is -2.55. The molecule has 7 rings (SSSR count). The summed E-state index contributed by atoms with van der Waals surface area (Å²) >= 11 is 0. The van der Waals surface area contributed by atoms with E-state index in [0.717, 1.165) is 49.8 Å². The number of hydrogen-bond acceptors (Lipinski definition) is 5. The van der Waals surface area contributed by atoms with Gasteiger partial charge in [0.1, 0.15) is 11.9 Å². The van der Waals surface area contributed by atoms with Crippen molar-refractivity contribution in [2.24, 2.45) is 5.41 Å². The lowest BCUT2D eigenvalue weighted by molar-refractivity contribution is -0.136. The first-order valence-electron chi connectivity index (χ1n) is 15.9. The summed E-state index contributed by atoms with van der Waals surface area (Å²) in [7, 11) is 0. The topological polar surface area (TPSA) is 90.0 Å². The van der Waals surface area contributed by atoms with Crippen molar-refractivity contribution >= 4 is 29.2 Å². The molecule has 230 valence electrons. The van der Waals surface area contributed by atoms with Crippen molar-refractivity contribution in [1.82, 2.24) is 20.0 Å². The van der Waals surface area contributed by atoms with Crippen molar-refractivity contribution in [3.8, 4) is 0 Å². The summed E-state index contributed by atoms with van der Waals surface area (Å²) < 4.78 is 13.7. The number of carbonyl (C=O) groups is 4. The smallest absolute Gasteiger partial charge is 0.255 e. The Balaban J connectivity index is 1.05. The van der Waals surface area contributed by atoms with Gasteiger partial charge in [-0.15, -0.1) is 0 Å². The van der Waals surface area contributed by atoms with Gasteiger partial charge in [0.15, 0.2) is 0 Å². The first-order valence-corrected chi connectivity index (χ1v) is 15.9. The Hall–Kier alpha value is -3.85. The molecule has 2 aromatic carbocycles. The number of amides is 4. The molecule has 4 heterocycles. The zero-order valence-corrected chi connectivity index (χ0v) is 25.4. The number of likely N-dealkylation sites (tertiary alicyclic amines) is 1. The van der Waals surface area contributed by atoms with Crippen molar-refractivity contribution in [1.29, 1.82) is 0 Å². The third-order valence-corrected chi connectivity index (χ3v) is 10.4. The number of benzene rings is 2. The largest absolute Gasteiger partial charge is 0.336 e. The number of nitrogens with zero attached hydrogens (tertiary/aromatic N) is 3. The minimum Gasteiger partial charge on any atom is -0.336 e. The molecule has 0 radical (unpaired) electrons. The highest BCUT2D eigenvalue weighted by Gasteiger charge is 2.43. The molecule has 8 nitrogen and oxygen atoms in total. The van der Waals surface area contributed by atoms with Crippen LogP contribution in [0.15, 0.2) is 48.0 Å². The van der Waals surface area contributed by atoms with Crippen molar-refractivity contribution < 1.29 is 23.6 Å². The Labute approximate surface area is 257 Å². The lowest BCUT2D eigenvalue weighted by Gasteiger charge is -2.43. The first-order chi connectivity index (χ1) is 21.1. The van der Waals surface area contributed by atoms with E-state index in [4.69, 9.17) is 0 Å². The van der Waals surface area contributed by atoms with Crippen molar-refractivity contribution in [2.75, 3.05) is 19.6 Å². The Kier molecular flexibility index (Phi) is 7.19. The van der Waals surface area contributed by atoms with Gasteiger partial charge < -0.3 is 9.80 Å². The van der Waals surface area contributed by atoms with Gasteiger partial charge in [0.05, 0.1) is 0 Å². The summed E-state index contributed by atoms with van der Waals surface area (Å²) in [4.78, 5) is 57.0. The van der Waals surface area contributed by atoms with Crippen LogP contribution in [0.25, 0.3) is 5.57 Å². The van der Waals surface area contributed by atoms with E-state index in [2.05, 4.69) is 24.1 Å². The molecular formula is C35H39FN4O4. The van der Waals surface area contributed by atoms with Crippen LogP contribution in [-0.4, -0.2) is 76.1 Å². The van der Waals surface area contributed by atoms with E-state index in [1.54, 1.807) is 30.3 Å². The Morgan fingerprint density at radius 2 is 1.70 bits per heavy atom. The highest BCUT2D eigenvalue weighted by Crippen LogP contribution is 2.44. The van der Waals surface area contributed by atoms with Crippen molar-refractivity contribution in [3.63, 3.8) is 0 Å². The lowest BCUT2D eigenvalue weighted by atomic mass is 9.72. The second kappa shape index (κ2) is 10.9. The maximum absolute atomic E-state index is 13.8. The third kappa shape index (κ3) is 5.25. The number of fused-ring (bicyclic) bond motifs is 3. The fourth-order valence-electron chi connectivity index (χ4n) is 7.99. The molecule has 2 bridgehead atoms. The highest BCUT2D eigenvalue weighted by molar-refractivity contribution is 6.06. The average Bonchev–Trinajstić information content (AvgIpc) is 3.43. The monoisotopic (exact) mass is 598 g/mol. The zero-order valence-electron chi connectivity index (χ0n) is 25.4. The third-order valence-electron chi connectivity index (χ3n) is 10.4. The van der Waals surface area contributed by atoms with Crippen LogP contribution in [0.5, 0.6) is 0 Å². The zero-order chi connectivity index (χ0) is 30.7. The van der Waals surface area contributed by atoms with Gasteiger partial charge in [0.2, 0.25) is 11.8 Å². The first kappa shape index (κ1) is 28.9. The fraction of sp³-hybridized carbons (Fsp3) is 0.486. The number of piperidine rings is 1. The van der Waals surface area contributed by atoms with Crippen LogP contribution in [0.1, 0.15) is 90.6 Å². The Morgan fingerprint density at radius 3 is 2.41 bits per heavy atom. The van der Waals surface area contributed by atoms with Gasteiger partial charge in [-0.25, -0.2) is 4.39 Å². The van der Waals surface area contributed by atoms with E-state index in [9.17, 15) is 23.6 Å². The van der Waals surface area contributed by atoms with Crippen LogP contribution in [0.4, 0.5) is 4.39 Å². The fourth-order valence-corrected chi connectivity index (χ4v) is 7.99. The predicted octanol–water partition coefficient (Wildman–Crippen LogP) is 4.54. The standard InChI is InChI=1S/C35H39FN4O4/c1-35(2)14-13-23(29(16-35)21-3-6-25(36)7-4-21)17-39-26-8-9-27(39)20-38(19-26)33(43)22-5-10-28-24(15-22)18-40(34(28)44)30-11-12-31(41)37-32(30)42/h3-7,10,15,26-27,30H,8-9,11-14,16-20H2,1-2H3,(H,37,41,42). The molecule has 5 aliphatic rings. The van der Waals surface area contributed by atoms with E-state index < -0.39 is 11.9 Å². The maximum atomic E-state index is 13.8. The van der Waals surface area contributed by atoms with Crippen LogP contribution < -0.4 is 5.32 Å². The second-order valence-corrected chi connectivity index (χ2v) is 14.0. The molecule has 3 unspecified atom stereocenters. The summed E-state index contributed by atoms with van der Waals surface area (Å²) in [5.41, 5.74) is 5.92. The molecule has 4 amide bonds. The Morgan fingerprint density at radius 1 is 0.977 bits per heavy atom. The number of piperazine rings is 1. The quantitative estimate of drug-likeness (QED) is 0.511. The normalized spacial score (nSPS) is 26.7. The molecule has 4 aliphatic heterocycles. The van der Waals surface area contributed by atoms with Crippen molar-refractivity contribution in [2.45, 2.75) is 83.5 Å². The van der Waals surface area contributed by atoms with Gasteiger partial charge in [-0.1, -0.05) is 31.6 Å². The molecule has 2 aromatic rings. The number of hydrogen-bond donors (Lipinski definition) is 1. The number of rotatable bonds is 5. The summed E-state index contributed by atoms with van der Waals surface area (Å²) in [5.74, 6) is -1.23. The van der Waals surface area contributed by atoms with E-state index in [0.29, 0.717) is 30.6 Å². The SMILES string of the molecule is CC1(C)CCC(CN2C3CCC2CN(C(=O)c2ccc4c(c2)CN(C2CCC(=O)NC2=O)C4=O)C3)=C(c2ccc(F)cc2)C1. The van der Waals surface area contributed by atoms with Gasteiger partial charge in [-0.05, 0) is 91.0 Å². The molecule has 1 N–H and O–H groups in total. The highest BCUT2D eigenvalue weighted by atomic mass is 19.1. The van der Waals surface area contributed by atoms with Gasteiger partial charge >= 0.3 is 0 Å². The molecule has 0 spiro atoms. The van der Waals surface area contributed by atoms with Gasteiger partial charge in [0, 0.05) is 55.8 Å². The van der Waals surface area contributed by atoms with Gasteiger partial charge in [-0.2, -0.15) is 0 Å². The predicted molar refractivity (Wildman–Crippen MR) is 163 cm³/mol. The molecule has 3 fully saturated rings. The summed E-state index contributed by atoms with van der Waals surface area (Å²) in [6, 6.07) is 12.1.